The molecule has 0 aromatic heterocycles. The number of rotatable bonds is 12. The molecule has 0 saturated heterocycles. The van der Waals surface area contributed by atoms with Gasteiger partial charge in [-0.15, -0.1) is 23.5 Å². The van der Waals surface area contributed by atoms with Gasteiger partial charge in [0.2, 0.25) is 7.29 Å². The van der Waals surface area contributed by atoms with E-state index in [1.54, 1.807) is 23.5 Å². The Kier molecular flexibility index (Phi) is 9.88. The lowest BCUT2D eigenvalue weighted by Gasteiger charge is -2.32. The molecule has 0 aliphatic heterocycles. The van der Waals surface area contributed by atoms with Gasteiger partial charge in [0, 0.05) is 22.6 Å². The van der Waals surface area contributed by atoms with E-state index < -0.39 is 7.29 Å². The van der Waals surface area contributed by atoms with Crippen molar-refractivity contribution in [2.75, 3.05) is 11.5 Å². The molecule has 174 valence electrons. The Balaban J connectivity index is 2.06. The van der Waals surface area contributed by atoms with E-state index >= 15 is 0 Å². The average molecular weight is 498 g/mol. The van der Waals surface area contributed by atoms with Crippen molar-refractivity contribution < 1.29 is 9.36 Å². The number of benzene rings is 3. The predicted molar refractivity (Wildman–Crippen MR) is 146 cm³/mol. The fraction of sp³-hybridized carbons (Fsp3) is 0.296. The minimum absolute atomic E-state index is 0.129. The van der Waals surface area contributed by atoms with Gasteiger partial charge in [-0.05, 0) is 41.3 Å². The summed E-state index contributed by atoms with van der Waals surface area (Å²) < 4.78 is 14.6. The number of hydrogen-bond donors (Lipinski definition) is 1. The largest absolute Gasteiger partial charge is 0.297 e. The van der Waals surface area contributed by atoms with Crippen molar-refractivity contribution in [1.82, 2.24) is 5.09 Å². The Morgan fingerprint density at radius 3 is 1.64 bits per heavy atom. The third-order valence-electron chi connectivity index (χ3n) is 5.54. The van der Waals surface area contributed by atoms with Gasteiger partial charge in [0.1, 0.15) is 4.58 Å². The molecule has 3 nitrogen and oxygen atoms in total. The first kappa shape index (κ1) is 25.8. The molecule has 3 aromatic carbocycles. The Morgan fingerprint density at radius 2 is 1.21 bits per heavy atom. The third-order valence-corrected chi connectivity index (χ3v) is 10.8. The van der Waals surface area contributed by atoms with Gasteiger partial charge < -0.3 is 0 Å². The average Bonchev–Trinajstić information content (AvgIpc) is 2.87. The van der Waals surface area contributed by atoms with Crippen LogP contribution in [0, 0.1) is 5.92 Å². The van der Waals surface area contributed by atoms with Crippen LogP contribution >= 0.6 is 30.8 Å². The number of hydrogen-bond acceptors (Lipinski definition) is 4. The minimum Gasteiger partial charge on any atom is -0.297 e. The van der Waals surface area contributed by atoms with E-state index in [-0.39, 0.29) is 22.3 Å². The molecule has 2 atom stereocenters. The van der Waals surface area contributed by atoms with Crippen LogP contribution in [-0.2, 0) is 9.36 Å². The van der Waals surface area contributed by atoms with Crippen LogP contribution in [0.2, 0.25) is 0 Å². The minimum atomic E-state index is -3.22. The van der Waals surface area contributed by atoms with Crippen molar-refractivity contribution in [3.05, 3.63) is 96.6 Å². The van der Waals surface area contributed by atoms with Crippen LogP contribution in [0.5, 0.6) is 0 Å². The lowest BCUT2D eigenvalue weighted by molar-refractivity contribution is -0.121. The Hall–Kier alpha value is -1.78. The van der Waals surface area contributed by atoms with Gasteiger partial charge in [-0.25, -0.2) is 0 Å². The van der Waals surface area contributed by atoms with Crippen LogP contribution in [0.25, 0.3) is 0 Å². The number of carbonyl (C=O) groups excluding carboxylic acids is 1. The highest BCUT2D eigenvalue weighted by atomic mass is 32.2. The maximum Gasteiger partial charge on any atom is 0.205 e. The van der Waals surface area contributed by atoms with E-state index in [9.17, 15) is 9.36 Å². The molecule has 0 heterocycles. The fourth-order valence-electron chi connectivity index (χ4n) is 3.80. The second kappa shape index (κ2) is 12.6. The second-order valence-electron chi connectivity index (χ2n) is 7.73. The van der Waals surface area contributed by atoms with E-state index in [1.807, 2.05) is 97.9 Å². The Labute approximate surface area is 206 Å². The Bertz CT molecular complexity index is 998. The van der Waals surface area contributed by atoms with Crippen LogP contribution in [0.4, 0.5) is 0 Å². The summed E-state index contributed by atoms with van der Waals surface area (Å²) in [6.45, 7) is 6.13. The molecule has 0 amide bonds. The van der Waals surface area contributed by atoms with Crippen LogP contribution < -0.4 is 15.7 Å². The number of thioether (sulfide) groups is 2. The molecule has 0 aliphatic carbocycles. The maximum absolute atomic E-state index is 14.7. The predicted octanol–water partition coefficient (Wildman–Crippen LogP) is 6.28. The molecular weight excluding hydrogens is 465 g/mol. The molecule has 1 N–H and O–H groups in total. The SMILES string of the molecule is CCSC(SCC)C(=O)[C@@H](C)[C@H](NP(=O)(c1ccccc1)c1ccccc1)c1ccccc1. The summed E-state index contributed by atoms with van der Waals surface area (Å²) in [5.74, 6) is 1.59. The monoisotopic (exact) mass is 497 g/mol. The Morgan fingerprint density at radius 1 is 0.788 bits per heavy atom. The van der Waals surface area contributed by atoms with Crippen LogP contribution in [0.15, 0.2) is 91.0 Å². The molecule has 33 heavy (non-hydrogen) atoms. The molecule has 0 unspecified atom stereocenters. The zero-order valence-corrected chi connectivity index (χ0v) is 21.9. The topological polar surface area (TPSA) is 46.2 Å². The van der Waals surface area contributed by atoms with E-state index in [2.05, 4.69) is 18.9 Å². The molecule has 0 fully saturated rings. The summed E-state index contributed by atoms with van der Waals surface area (Å²) in [6.07, 6.45) is 0. The summed E-state index contributed by atoms with van der Waals surface area (Å²) in [4.78, 5) is 13.6. The maximum atomic E-state index is 14.7. The lowest BCUT2D eigenvalue weighted by atomic mass is 9.92. The number of ketones is 1. The standard InChI is InChI=1S/C27H32NO2PS2/c1-4-32-27(33-5-2)26(29)21(3)25(22-15-9-6-10-16-22)28-31(30,23-17-11-7-12-18-23)24-19-13-8-14-20-24/h6-21,25,27H,4-5H2,1-3H3,(H,28,30)/t21-,25-/m0/s1. The summed E-state index contributed by atoms with van der Waals surface area (Å²) in [7, 11) is -3.22. The van der Waals surface area contributed by atoms with E-state index in [0.29, 0.717) is 0 Å². The van der Waals surface area contributed by atoms with E-state index in [0.717, 1.165) is 27.7 Å². The molecule has 3 aromatic rings. The summed E-state index contributed by atoms with van der Waals surface area (Å²) in [6, 6.07) is 28.6. The van der Waals surface area contributed by atoms with Crippen molar-refractivity contribution in [2.24, 2.45) is 5.92 Å². The smallest absolute Gasteiger partial charge is 0.205 e. The first-order valence-electron chi connectivity index (χ1n) is 11.3. The fourth-order valence-corrected chi connectivity index (χ4v) is 8.91. The van der Waals surface area contributed by atoms with Crippen LogP contribution in [-0.4, -0.2) is 21.9 Å². The van der Waals surface area contributed by atoms with Crippen molar-refractivity contribution in [3.63, 3.8) is 0 Å². The van der Waals surface area contributed by atoms with E-state index in [1.165, 1.54) is 0 Å². The zero-order chi connectivity index (χ0) is 23.7. The van der Waals surface area contributed by atoms with Crippen molar-refractivity contribution in [3.8, 4) is 0 Å². The highest BCUT2D eigenvalue weighted by Crippen LogP contribution is 2.44. The highest BCUT2D eigenvalue weighted by Gasteiger charge is 2.37. The molecule has 0 aliphatic rings. The van der Waals surface area contributed by atoms with E-state index in [4.69, 9.17) is 0 Å². The first-order chi connectivity index (χ1) is 16.0. The van der Waals surface area contributed by atoms with Crippen LogP contribution in [0.1, 0.15) is 32.4 Å². The molecule has 3 rings (SSSR count). The number of Topliss-reactive ketones (excluding diaryl/α,β-unsaturated/α-hetero) is 1. The van der Waals surface area contributed by atoms with Gasteiger partial charge in [0.05, 0.1) is 0 Å². The zero-order valence-electron chi connectivity index (χ0n) is 19.4. The molecule has 0 saturated carbocycles. The van der Waals surface area contributed by atoms with Gasteiger partial charge in [-0.2, -0.15) is 0 Å². The summed E-state index contributed by atoms with van der Waals surface area (Å²) in [5, 5.41) is 4.99. The van der Waals surface area contributed by atoms with Gasteiger partial charge in [0.15, 0.2) is 5.78 Å². The quantitative estimate of drug-likeness (QED) is 0.236. The molecular formula is C27H32NO2PS2. The molecule has 6 heteroatoms. The summed E-state index contributed by atoms with van der Waals surface area (Å²) >= 11 is 3.35. The second-order valence-corrected chi connectivity index (χ2v) is 13.3. The van der Waals surface area contributed by atoms with Gasteiger partial charge in [-0.1, -0.05) is 87.5 Å². The number of nitrogens with one attached hydrogen (secondary N) is 1. The molecule has 0 bridgehead atoms. The van der Waals surface area contributed by atoms with Gasteiger partial charge in [0.25, 0.3) is 0 Å². The van der Waals surface area contributed by atoms with Crippen molar-refractivity contribution in [1.29, 1.82) is 0 Å². The lowest BCUT2D eigenvalue weighted by Crippen LogP contribution is -2.37. The normalized spacial score (nSPS) is 13.6. The highest BCUT2D eigenvalue weighted by molar-refractivity contribution is 8.18. The molecule has 0 radical (unpaired) electrons. The molecule has 0 spiro atoms. The van der Waals surface area contributed by atoms with Gasteiger partial charge >= 0.3 is 0 Å². The van der Waals surface area contributed by atoms with Crippen LogP contribution in [0.3, 0.4) is 0 Å². The first-order valence-corrected chi connectivity index (χ1v) is 15.1. The van der Waals surface area contributed by atoms with Gasteiger partial charge in [-0.3, -0.25) is 14.4 Å². The third kappa shape index (κ3) is 6.42. The summed E-state index contributed by atoms with van der Waals surface area (Å²) in [5.41, 5.74) is 0.965. The van der Waals surface area contributed by atoms with Crippen molar-refractivity contribution in [2.45, 2.75) is 31.4 Å². The number of carbonyl (C=O) groups is 1. The van der Waals surface area contributed by atoms with Crippen molar-refractivity contribution >= 4 is 47.2 Å².